The van der Waals surface area contributed by atoms with E-state index < -0.39 is 42.5 Å². The second-order valence-electron chi connectivity index (χ2n) is 5.93. The van der Waals surface area contributed by atoms with Crippen LogP contribution in [0.1, 0.15) is 26.2 Å². The van der Waals surface area contributed by atoms with Crippen LogP contribution in [-0.4, -0.2) is 76.9 Å². The molecule has 0 spiro atoms. The molecule has 0 aromatic rings. The molecule has 9 nitrogen and oxygen atoms in total. The smallest absolute Gasteiger partial charge is 0.322 e. The van der Waals surface area contributed by atoms with Crippen LogP contribution in [-0.2, 0) is 19.2 Å². The molecule has 25 heavy (non-hydrogen) atoms. The summed E-state index contributed by atoms with van der Waals surface area (Å²) in [6.07, 6.45) is 3.44. The number of nitrogens with zero attached hydrogens (tertiary/aromatic N) is 1. The molecule has 3 amide bonds. The van der Waals surface area contributed by atoms with E-state index in [1.807, 2.05) is 6.26 Å². The van der Waals surface area contributed by atoms with Gasteiger partial charge < -0.3 is 26.4 Å². The normalized spacial score (nSPS) is 19.2. The fourth-order valence-corrected chi connectivity index (χ4v) is 3.05. The molecule has 1 rings (SSSR count). The van der Waals surface area contributed by atoms with Crippen molar-refractivity contribution in [2.24, 2.45) is 5.73 Å². The highest BCUT2D eigenvalue weighted by molar-refractivity contribution is 7.98. The number of likely N-dealkylation sites (tertiary alicyclic amines) is 1. The maximum Gasteiger partial charge on any atom is 0.322 e. The van der Waals surface area contributed by atoms with Gasteiger partial charge in [0.15, 0.2) is 0 Å². The molecule has 0 radical (unpaired) electrons. The topological polar surface area (TPSA) is 142 Å². The highest BCUT2D eigenvalue weighted by Crippen LogP contribution is 2.19. The van der Waals surface area contributed by atoms with Crippen molar-refractivity contribution >= 4 is 35.5 Å². The number of thioether (sulfide) groups is 1. The minimum Gasteiger partial charge on any atom is -0.480 e. The van der Waals surface area contributed by atoms with Gasteiger partial charge in [-0.05, 0) is 38.2 Å². The van der Waals surface area contributed by atoms with Gasteiger partial charge in [0, 0.05) is 6.54 Å². The van der Waals surface area contributed by atoms with E-state index in [9.17, 15) is 19.2 Å². The van der Waals surface area contributed by atoms with Gasteiger partial charge in [0.2, 0.25) is 17.7 Å². The number of carboxylic acid groups (broad SMARTS) is 1. The van der Waals surface area contributed by atoms with Crippen LogP contribution in [0, 0.1) is 0 Å². The zero-order valence-electron chi connectivity index (χ0n) is 14.5. The second-order valence-corrected chi connectivity index (χ2v) is 6.92. The summed E-state index contributed by atoms with van der Waals surface area (Å²) in [6, 6.07) is -2.20. The highest BCUT2D eigenvalue weighted by atomic mass is 32.2. The zero-order valence-corrected chi connectivity index (χ0v) is 15.3. The number of hydrogen-bond donors (Lipinski definition) is 4. The molecule has 0 bridgehead atoms. The Kier molecular flexibility index (Phi) is 8.70. The molecule has 0 aliphatic carbocycles. The van der Waals surface area contributed by atoms with Gasteiger partial charge in [-0.1, -0.05) is 0 Å². The van der Waals surface area contributed by atoms with Crippen LogP contribution in [0.2, 0.25) is 0 Å². The van der Waals surface area contributed by atoms with Gasteiger partial charge in [0.05, 0.1) is 6.04 Å². The Morgan fingerprint density at radius 1 is 1.36 bits per heavy atom. The van der Waals surface area contributed by atoms with Crippen molar-refractivity contribution in [2.75, 3.05) is 25.1 Å². The van der Waals surface area contributed by atoms with Crippen LogP contribution < -0.4 is 16.4 Å². The van der Waals surface area contributed by atoms with Crippen LogP contribution in [0.15, 0.2) is 0 Å². The lowest BCUT2D eigenvalue weighted by molar-refractivity contribution is -0.142. The second kappa shape index (κ2) is 10.2. The molecule has 5 N–H and O–H groups in total. The summed E-state index contributed by atoms with van der Waals surface area (Å²) in [6.45, 7) is 1.44. The van der Waals surface area contributed by atoms with Crippen molar-refractivity contribution in [1.29, 1.82) is 0 Å². The standard InChI is InChI=1S/C15H26N4O5S/c1-9(16)13(22)18-10(5-7-25-2)15(24)19-6-3-4-11(19)14(23)17-8-12(20)21/h9-11H,3-8,16H2,1-2H3,(H,17,23)(H,18,22)(H,20,21). The number of carbonyl (C=O) groups is 4. The predicted octanol–water partition coefficient (Wildman–Crippen LogP) is -1.24. The first-order valence-corrected chi connectivity index (χ1v) is 9.52. The van der Waals surface area contributed by atoms with Gasteiger partial charge >= 0.3 is 5.97 Å². The Hall–Kier alpha value is -1.81. The summed E-state index contributed by atoms with van der Waals surface area (Å²) in [5, 5.41) is 13.6. The Labute approximate surface area is 151 Å². The van der Waals surface area contributed by atoms with E-state index in [4.69, 9.17) is 10.8 Å². The molecular formula is C15H26N4O5S. The third kappa shape index (κ3) is 6.54. The molecular weight excluding hydrogens is 348 g/mol. The number of nitrogens with one attached hydrogen (secondary N) is 2. The Morgan fingerprint density at radius 2 is 2.04 bits per heavy atom. The molecule has 1 aliphatic rings. The van der Waals surface area contributed by atoms with E-state index in [0.29, 0.717) is 31.6 Å². The van der Waals surface area contributed by atoms with Gasteiger partial charge in [-0.15, -0.1) is 0 Å². The molecule has 0 aromatic carbocycles. The van der Waals surface area contributed by atoms with Gasteiger partial charge in [0.1, 0.15) is 18.6 Å². The van der Waals surface area contributed by atoms with Crippen molar-refractivity contribution in [1.82, 2.24) is 15.5 Å². The van der Waals surface area contributed by atoms with E-state index in [1.54, 1.807) is 11.8 Å². The van der Waals surface area contributed by atoms with Gasteiger partial charge in [0.25, 0.3) is 0 Å². The maximum absolute atomic E-state index is 12.8. The van der Waals surface area contributed by atoms with Crippen molar-refractivity contribution in [3.63, 3.8) is 0 Å². The molecule has 1 fully saturated rings. The van der Waals surface area contributed by atoms with Crippen LogP contribution >= 0.6 is 11.8 Å². The first-order chi connectivity index (χ1) is 11.8. The van der Waals surface area contributed by atoms with Crippen molar-refractivity contribution in [2.45, 2.75) is 44.3 Å². The lowest BCUT2D eigenvalue weighted by Gasteiger charge is -2.29. The minimum atomic E-state index is -1.15. The SMILES string of the molecule is CSCCC(NC(=O)C(C)N)C(=O)N1CCCC1C(=O)NCC(=O)O. The minimum absolute atomic E-state index is 0.337. The number of amides is 3. The molecule has 1 saturated heterocycles. The number of hydrogen-bond acceptors (Lipinski definition) is 6. The summed E-state index contributed by atoms with van der Waals surface area (Å²) in [4.78, 5) is 48.9. The summed E-state index contributed by atoms with van der Waals surface area (Å²) in [5.74, 6) is -1.73. The van der Waals surface area contributed by atoms with Gasteiger partial charge in [-0.3, -0.25) is 19.2 Å². The maximum atomic E-state index is 12.8. The average Bonchev–Trinajstić information content (AvgIpc) is 3.04. The number of carbonyl (C=O) groups excluding carboxylic acids is 3. The number of carboxylic acids is 1. The molecule has 0 saturated carbocycles. The third-order valence-corrected chi connectivity index (χ3v) is 4.54. The Balaban J connectivity index is 2.80. The fourth-order valence-electron chi connectivity index (χ4n) is 2.58. The van der Waals surface area contributed by atoms with E-state index in [2.05, 4.69) is 10.6 Å². The molecule has 10 heteroatoms. The molecule has 0 aromatic heterocycles. The summed E-state index contributed by atoms with van der Waals surface area (Å²) >= 11 is 1.55. The zero-order chi connectivity index (χ0) is 19.0. The van der Waals surface area contributed by atoms with E-state index in [-0.39, 0.29) is 5.91 Å². The quantitative estimate of drug-likeness (QED) is 0.395. The van der Waals surface area contributed by atoms with Crippen LogP contribution in [0.5, 0.6) is 0 Å². The van der Waals surface area contributed by atoms with Crippen LogP contribution in [0.3, 0.4) is 0 Å². The number of rotatable bonds is 9. The first-order valence-electron chi connectivity index (χ1n) is 8.12. The number of nitrogens with two attached hydrogens (primary N) is 1. The van der Waals surface area contributed by atoms with E-state index in [0.717, 1.165) is 0 Å². The predicted molar refractivity (Wildman–Crippen MR) is 94.0 cm³/mol. The van der Waals surface area contributed by atoms with Gasteiger partial charge in [-0.2, -0.15) is 11.8 Å². The molecule has 3 atom stereocenters. The molecule has 142 valence electrons. The summed E-state index contributed by atoms with van der Waals surface area (Å²) < 4.78 is 0. The monoisotopic (exact) mass is 374 g/mol. The Morgan fingerprint density at radius 3 is 2.60 bits per heavy atom. The first kappa shape index (κ1) is 21.2. The Bertz CT molecular complexity index is 514. The fraction of sp³-hybridized carbons (Fsp3) is 0.733. The lowest BCUT2D eigenvalue weighted by atomic mass is 10.1. The summed E-state index contributed by atoms with van der Waals surface area (Å²) in [7, 11) is 0. The molecule has 3 unspecified atom stereocenters. The third-order valence-electron chi connectivity index (χ3n) is 3.89. The van der Waals surface area contributed by atoms with E-state index in [1.165, 1.54) is 11.8 Å². The van der Waals surface area contributed by atoms with Crippen molar-refractivity contribution in [3.8, 4) is 0 Å². The number of aliphatic carboxylic acids is 1. The lowest BCUT2D eigenvalue weighted by Crippen LogP contribution is -2.55. The highest BCUT2D eigenvalue weighted by Gasteiger charge is 2.37. The summed E-state index contributed by atoms with van der Waals surface area (Å²) in [5.41, 5.74) is 5.55. The van der Waals surface area contributed by atoms with Crippen molar-refractivity contribution < 1.29 is 24.3 Å². The molecule has 1 heterocycles. The average molecular weight is 374 g/mol. The van der Waals surface area contributed by atoms with E-state index >= 15 is 0 Å². The molecule has 1 aliphatic heterocycles. The van der Waals surface area contributed by atoms with Crippen LogP contribution in [0.25, 0.3) is 0 Å². The van der Waals surface area contributed by atoms with Crippen LogP contribution in [0.4, 0.5) is 0 Å². The van der Waals surface area contributed by atoms with Gasteiger partial charge in [-0.25, -0.2) is 0 Å². The van der Waals surface area contributed by atoms with Crippen molar-refractivity contribution in [3.05, 3.63) is 0 Å². The largest absolute Gasteiger partial charge is 0.480 e.